The van der Waals surface area contributed by atoms with E-state index >= 15 is 0 Å². The minimum absolute atomic E-state index is 0.0799. The van der Waals surface area contributed by atoms with E-state index in [2.05, 4.69) is 10.6 Å². The number of carbonyl (C=O) groups is 4. The molecule has 3 amide bonds. The molecule has 2 N–H and O–H groups in total. The van der Waals surface area contributed by atoms with Gasteiger partial charge in [-0.2, -0.15) is 0 Å². The van der Waals surface area contributed by atoms with Crippen LogP contribution in [0.1, 0.15) is 29.3 Å². The number of likely N-dealkylation sites (N-methyl/N-ethyl adjacent to an activating group) is 1. The zero-order valence-electron chi connectivity index (χ0n) is 17.9. The van der Waals surface area contributed by atoms with Gasteiger partial charge in [0.1, 0.15) is 0 Å². The lowest BCUT2D eigenvalue weighted by Gasteiger charge is -2.17. The number of nitrogens with zero attached hydrogens (tertiary/aromatic N) is 1. The monoisotopic (exact) mass is 425 g/mol. The van der Waals surface area contributed by atoms with E-state index in [-0.39, 0.29) is 24.8 Å². The third kappa shape index (κ3) is 8.30. The fourth-order valence-corrected chi connectivity index (χ4v) is 2.65. The first-order chi connectivity index (χ1) is 14.7. The van der Waals surface area contributed by atoms with Crippen LogP contribution in [0, 0.1) is 6.92 Å². The van der Waals surface area contributed by atoms with Gasteiger partial charge in [0.2, 0.25) is 5.91 Å². The van der Waals surface area contributed by atoms with Gasteiger partial charge in [0, 0.05) is 24.3 Å². The average molecular weight is 425 g/mol. The summed E-state index contributed by atoms with van der Waals surface area (Å²) in [5.41, 5.74) is 2.19. The lowest BCUT2D eigenvalue weighted by molar-refractivity contribution is -0.152. The zero-order chi connectivity index (χ0) is 22.8. The van der Waals surface area contributed by atoms with Crippen LogP contribution in [0.4, 0.5) is 5.69 Å². The molecule has 8 heteroatoms. The Hall–Kier alpha value is -3.68. The van der Waals surface area contributed by atoms with Gasteiger partial charge in [0.15, 0.2) is 6.61 Å². The molecule has 164 valence electrons. The van der Waals surface area contributed by atoms with E-state index in [1.54, 1.807) is 49.4 Å². The molecule has 31 heavy (non-hydrogen) atoms. The van der Waals surface area contributed by atoms with Crippen LogP contribution in [-0.4, -0.2) is 54.8 Å². The highest BCUT2D eigenvalue weighted by Crippen LogP contribution is 2.08. The van der Waals surface area contributed by atoms with Crippen LogP contribution in [0.15, 0.2) is 54.6 Å². The average Bonchev–Trinajstić information content (AvgIpc) is 2.74. The van der Waals surface area contributed by atoms with Gasteiger partial charge in [0.05, 0.1) is 13.0 Å². The normalized spacial score (nSPS) is 11.2. The van der Waals surface area contributed by atoms with Crippen molar-refractivity contribution in [1.29, 1.82) is 0 Å². The molecule has 0 bridgehead atoms. The van der Waals surface area contributed by atoms with Crippen molar-refractivity contribution in [2.45, 2.75) is 26.3 Å². The van der Waals surface area contributed by atoms with Crippen molar-refractivity contribution in [3.63, 3.8) is 0 Å². The van der Waals surface area contributed by atoms with Crippen LogP contribution in [0.2, 0.25) is 0 Å². The number of anilines is 1. The highest BCUT2D eigenvalue weighted by molar-refractivity contribution is 5.95. The fourth-order valence-electron chi connectivity index (χ4n) is 2.65. The molecule has 0 aromatic heterocycles. The first-order valence-corrected chi connectivity index (χ1v) is 9.86. The number of ether oxygens (including phenoxy) is 1. The number of esters is 1. The molecule has 0 saturated heterocycles. The standard InChI is InChI=1S/C23H27N3O5/c1-16-9-11-19(12-10-16)25-20(27)14-26(3)21(28)15-31-22(29)13-17(2)24-23(30)18-7-5-4-6-8-18/h4-12,17H,13-15H2,1-3H3,(H,24,30)(H,25,27). The minimum atomic E-state index is -0.619. The van der Waals surface area contributed by atoms with Gasteiger partial charge < -0.3 is 20.3 Å². The Morgan fingerprint density at radius 2 is 1.65 bits per heavy atom. The molecule has 2 aromatic carbocycles. The summed E-state index contributed by atoms with van der Waals surface area (Å²) in [4.78, 5) is 49.4. The van der Waals surface area contributed by atoms with Crippen LogP contribution in [-0.2, 0) is 19.1 Å². The zero-order valence-corrected chi connectivity index (χ0v) is 17.9. The van der Waals surface area contributed by atoms with Crippen molar-refractivity contribution in [3.05, 3.63) is 65.7 Å². The van der Waals surface area contributed by atoms with Gasteiger partial charge in [0.25, 0.3) is 11.8 Å². The quantitative estimate of drug-likeness (QED) is 0.599. The second kappa shape index (κ2) is 11.5. The number of hydrogen-bond donors (Lipinski definition) is 2. The van der Waals surface area contributed by atoms with E-state index in [1.807, 2.05) is 19.1 Å². The Bertz CT molecular complexity index is 913. The highest BCUT2D eigenvalue weighted by atomic mass is 16.5. The Balaban J connectivity index is 1.70. The molecular formula is C23H27N3O5. The van der Waals surface area contributed by atoms with Crippen molar-refractivity contribution in [2.24, 2.45) is 0 Å². The van der Waals surface area contributed by atoms with E-state index in [9.17, 15) is 19.2 Å². The number of rotatable bonds is 9. The van der Waals surface area contributed by atoms with Gasteiger partial charge in [-0.3, -0.25) is 19.2 Å². The molecule has 2 aromatic rings. The Morgan fingerprint density at radius 1 is 1.00 bits per heavy atom. The Labute approximate surface area is 181 Å². The van der Waals surface area contributed by atoms with Crippen molar-refractivity contribution in [1.82, 2.24) is 10.2 Å². The molecule has 8 nitrogen and oxygen atoms in total. The molecule has 0 heterocycles. The predicted molar refractivity (Wildman–Crippen MR) is 116 cm³/mol. The number of nitrogens with one attached hydrogen (secondary N) is 2. The summed E-state index contributed by atoms with van der Waals surface area (Å²) in [5.74, 6) is -1.78. The second-order valence-electron chi connectivity index (χ2n) is 7.27. The van der Waals surface area contributed by atoms with Crippen molar-refractivity contribution >= 4 is 29.4 Å². The number of amides is 3. The predicted octanol–water partition coefficient (Wildman–Crippen LogP) is 2.14. The maximum Gasteiger partial charge on any atom is 0.308 e. The third-order valence-electron chi connectivity index (χ3n) is 4.38. The van der Waals surface area contributed by atoms with Gasteiger partial charge in [-0.25, -0.2) is 0 Å². The molecular weight excluding hydrogens is 398 g/mol. The molecule has 2 rings (SSSR count). The summed E-state index contributed by atoms with van der Waals surface area (Å²) < 4.78 is 4.98. The Morgan fingerprint density at radius 3 is 2.29 bits per heavy atom. The molecule has 1 unspecified atom stereocenters. The summed E-state index contributed by atoms with van der Waals surface area (Å²) in [5, 5.41) is 5.40. The van der Waals surface area contributed by atoms with E-state index in [0.29, 0.717) is 11.3 Å². The number of carbonyl (C=O) groups excluding carboxylic acids is 4. The maximum atomic E-state index is 12.1. The van der Waals surface area contributed by atoms with Gasteiger partial charge >= 0.3 is 5.97 Å². The number of aryl methyl sites for hydroxylation is 1. The first-order valence-electron chi connectivity index (χ1n) is 9.86. The van der Waals surface area contributed by atoms with Crippen LogP contribution < -0.4 is 10.6 Å². The topological polar surface area (TPSA) is 105 Å². The molecule has 0 aliphatic heterocycles. The molecule has 0 aliphatic rings. The van der Waals surface area contributed by atoms with Crippen molar-refractivity contribution in [3.8, 4) is 0 Å². The summed E-state index contributed by atoms with van der Waals surface area (Å²) >= 11 is 0. The van der Waals surface area contributed by atoms with Crippen molar-refractivity contribution in [2.75, 3.05) is 25.5 Å². The fraction of sp³-hybridized carbons (Fsp3) is 0.304. The van der Waals surface area contributed by atoms with Gasteiger partial charge in [-0.05, 0) is 38.1 Å². The SMILES string of the molecule is Cc1ccc(NC(=O)CN(C)C(=O)COC(=O)CC(C)NC(=O)c2ccccc2)cc1. The highest BCUT2D eigenvalue weighted by Gasteiger charge is 2.18. The van der Waals surface area contributed by atoms with Crippen LogP contribution in [0.25, 0.3) is 0 Å². The van der Waals surface area contributed by atoms with Crippen LogP contribution in [0.5, 0.6) is 0 Å². The molecule has 1 atom stereocenters. The summed E-state index contributed by atoms with van der Waals surface area (Å²) in [6.07, 6.45) is -0.0799. The van der Waals surface area contributed by atoms with Crippen LogP contribution in [0.3, 0.4) is 0 Å². The third-order valence-corrected chi connectivity index (χ3v) is 4.38. The van der Waals surface area contributed by atoms with Crippen LogP contribution >= 0.6 is 0 Å². The van der Waals surface area contributed by atoms with Gasteiger partial charge in [-0.15, -0.1) is 0 Å². The lowest BCUT2D eigenvalue weighted by atomic mass is 10.2. The van der Waals surface area contributed by atoms with E-state index in [1.165, 1.54) is 11.9 Å². The second-order valence-corrected chi connectivity index (χ2v) is 7.27. The largest absolute Gasteiger partial charge is 0.456 e. The lowest BCUT2D eigenvalue weighted by Crippen LogP contribution is -2.38. The molecule has 0 fully saturated rings. The number of hydrogen-bond acceptors (Lipinski definition) is 5. The Kier molecular flexibility index (Phi) is 8.75. The molecule has 0 radical (unpaired) electrons. The summed E-state index contributed by atoms with van der Waals surface area (Å²) in [6, 6.07) is 15.5. The van der Waals surface area contributed by atoms with Gasteiger partial charge in [-0.1, -0.05) is 35.9 Å². The van der Waals surface area contributed by atoms with Crippen molar-refractivity contribution < 1.29 is 23.9 Å². The smallest absolute Gasteiger partial charge is 0.308 e. The summed E-state index contributed by atoms with van der Waals surface area (Å²) in [6.45, 7) is 2.96. The summed E-state index contributed by atoms with van der Waals surface area (Å²) in [7, 11) is 1.45. The maximum absolute atomic E-state index is 12.1. The first kappa shape index (κ1) is 23.6. The molecule has 0 saturated carbocycles. The minimum Gasteiger partial charge on any atom is -0.456 e. The van der Waals surface area contributed by atoms with E-state index in [4.69, 9.17) is 4.74 Å². The molecule has 0 spiro atoms. The van der Waals surface area contributed by atoms with E-state index < -0.39 is 24.5 Å². The molecule has 0 aliphatic carbocycles. The van der Waals surface area contributed by atoms with E-state index in [0.717, 1.165) is 5.56 Å². The number of benzene rings is 2.